The maximum absolute atomic E-state index is 12.9. The molecule has 4 rings (SSSR count). The molecule has 1 saturated carbocycles. The molecule has 0 unspecified atom stereocenters. The summed E-state index contributed by atoms with van der Waals surface area (Å²) in [6, 6.07) is 14.8. The third-order valence-corrected chi connectivity index (χ3v) is 8.29. The number of nitrogens with one attached hydrogen (secondary N) is 2. The summed E-state index contributed by atoms with van der Waals surface area (Å²) in [6.45, 7) is 5.80. The van der Waals surface area contributed by atoms with Crippen molar-refractivity contribution in [3.63, 3.8) is 0 Å². The Morgan fingerprint density at radius 2 is 1.59 bits per heavy atom. The number of hydrogen-bond acceptors (Lipinski definition) is 3. The van der Waals surface area contributed by atoms with Crippen molar-refractivity contribution < 1.29 is 18.1 Å². The standard InChI is InChI=1S/C25H33N3O3S/c1-20-7-13-24(14-8-20)32(30,31)26-19-21-9-11-22(12-10-21)25(29)28-17-15-27(16-18-28)23-5-3-2-4-6-23/h7-14,23,26H,2-6,15-19H2,1H3/p+1. The van der Waals surface area contributed by atoms with Gasteiger partial charge in [0.2, 0.25) is 10.0 Å². The molecule has 7 heteroatoms. The number of rotatable bonds is 6. The number of nitrogens with zero attached hydrogens (tertiary/aromatic N) is 1. The van der Waals surface area contributed by atoms with Crippen molar-refractivity contribution in [2.24, 2.45) is 0 Å². The molecule has 1 amide bonds. The van der Waals surface area contributed by atoms with E-state index in [1.54, 1.807) is 41.3 Å². The lowest BCUT2D eigenvalue weighted by Crippen LogP contribution is -3.18. The molecule has 6 nitrogen and oxygen atoms in total. The average molecular weight is 457 g/mol. The second-order valence-corrected chi connectivity index (χ2v) is 10.9. The SMILES string of the molecule is Cc1ccc(S(=O)(=O)NCc2ccc(C(=O)N3CC[NH+](C4CCCCC4)CC3)cc2)cc1. The van der Waals surface area contributed by atoms with Gasteiger partial charge in [0.1, 0.15) is 0 Å². The monoisotopic (exact) mass is 456 g/mol. The second-order valence-electron chi connectivity index (χ2n) is 9.12. The highest BCUT2D eigenvalue weighted by Gasteiger charge is 2.30. The maximum Gasteiger partial charge on any atom is 0.254 e. The molecule has 2 aromatic carbocycles. The van der Waals surface area contributed by atoms with E-state index in [0.717, 1.165) is 43.3 Å². The first-order valence-corrected chi connectivity index (χ1v) is 13.2. The Kier molecular flexibility index (Phi) is 7.28. The highest BCUT2D eigenvalue weighted by molar-refractivity contribution is 7.89. The van der Waals surface area contributed by atoms with Gasteiger partial charge in [-0.15, -0.1) is 0 Å². The lowest BCUT2D eigenvalue weighted by Gasteiger charge is -2.38. The van der Waals surface area contributed by atoms with Crippen LogP contribution in [0.15, 0.2) is 53.4 Å². The summed E-state index contributed by atoms with van der Waals surface area (Å²) >= 11 is 0. The first-order valence-electron chi connectivity index (χ1n) is 11.7. The molecule has 172 valence electrons. The van der Waals surface area contributed by atoms with Gasteiger partial charge in [-0.25, -0.2) is 13.1 Å². The van der Waals surface area contributed by atoms with Gasteiger partial charge in [-0.05, 0) is 62.4 Å². The van der Waals surface area contributed by atoms with Gasteiger partial charge in [-0.2, -0.15) is 0 Å². The van der Waals surface area contributed by atoms with E-state index in [-0.39, 0.29) is 17.3 Å². The summed E-state index contributed by atoms with van der Waals surface area (Å²) in [4.78, 5) is 16.8. The molecule has 1 aliphatic heterocycles. The number of aryl methyl sites for hydroxylation is 1. The molecule has 0 bridgehead atoms. The lowest BCUT2D eigenvalue weighted by molar-refractivity contribution is -0.930. The maximum atomic E-state index is 12.9. The number of sulfonamides is 1. The number of hydrogen-bond donors (Lipinski definition) is 2. The van der Waals surface area contributed by atoms with Gasteiger partial charge >= 0.3 is 0 Å². The molecule has 2 aliphatic rings. The fourth-order valence-corrected chi connectivity index (χ4v) is 5.86. The highest BCUT2D eigenvalue weighted by Crippen LogP contribution is 2.16. The zero-order valence-electron chi connectivity index (χ0n) is 18.8. The van der Waals surface area contributed by atoms with Crippen LogP contribution < -0.4 is 9.62 Å². The van der Waals surface area contributed by atoms with Crippen LogP contribution in [0, 0.1) is 6.92 Å². The Hall–Kier alpha value is -2.22. The summed E-state index contributed by atoms with van der Waals surface area (Å²) in [6.07, 6.45) is 6.74. The van der Waals surface area contributed by atoms with Crippen molar-refractivity contribution >= 4 is 15.9 Å². The van der Waals surface area contributed by atoms with Crippen LogP contribution in [0.3, 0.4) is 0 Å². The van der Waals surface area contributed by atoms with Gasteiger partial charge in [-0.3, -0.25) is 4.79 Å². The van der Waals surface area contributed by atoms with Gasteiger partial charge in [0, 0.05) is 12.1 Å². The Labute approximate surface area is 191 Å². The van der Waals surface area contributed by atoms with E-state index in [1.807, 2.05) is 24.0 Å². The van der Waals surface area contributed by atoms with Gasteiger partial charge < -0.3 is 9.80 Å². The molecule has 0 spiro atoms. The van der Waals surface area contributed by atoms with Crippen LogP contribution in [-0.2, 0) is 16.6 Å². The molecule has 1 aliphatic carbocycles. The van der Waals surface area contributed by atoms with Gasteiger partial charge in [0.15, 0.2) is 0 Å². The molecule has 2 N–H and O–H groups in total. The molecule has 1 saturated heterocycles. The minimum Gasteiger partial charge on any atom is -0.330 e. The van der Waals surface area contributed by atoms with Gasteiger partial charge in [-0.1, -0.05) is 36.2 Å². The Morgan fingerprint density at radius 1 is 0.969 bits per heavy atom. The number of piperazine rings is 1. The predicted octanol–water partition coefficient (Wildman–Crippen LogP) is 2.15. The van der Waals surface area contributed by atoms with Crippen molar-refractivity contribution in [1.82, 2.24) is 9.62 Å². The fourth-order valence-electron chi connectivity index (χ4n) is 4.84. The lowest BCUT2D eigenvalue weighted by atomic mass is 9.94. The van der Waals surface area contributed by atoms with E-state index in [9.17, 15) is 13.2 Å². The molecule has 1 heterocycles. The van der Waals surface area contributed by atoms with Crippen LogP contribution in [0.25, 0.3) is 0 Å². The minimum atomic E-state index is -3.56. The zero-order valence-corrected chi connectivity index (χ0v) is 19.7. The third-order valence-electron chi connectivity index (χ3n) is 6.87. The first-order chi connectivity index (χ1) is 15.4. The predicted molar refractivity (Wildman–Crippen MR) is 125 cm³/mol. The van der Waals surface area contributed by atoms with E-state index in [0.29, 0.717) is 5.56 Å². The highest BCUT2D eigenvalue weighted by atomic mass is 32.2. The second kappa shape index (κ2) is 10.1. The largest absolute Gasteiger partial charge is 0.330 e. The van der Waals surface area contributed by atoms with E-state index >= 15 is 0 Å². The topological polar surface area (TPSA) is 70.9 Å². The normalized spacial score (nSPS) is 18.6. The van der Waals surface area contributed by atoms with Crippen molar-refractivity contribution in [1.29, 1.82) is 0 Å². The molecule has 0 radical (unpaired) electrons. The molecular weight excluding hydrogens is 422 g/mol. The third kappa shape index (κ3) is 5.57. The molecule has 0 aromatic heterocycles. The number of amides is 1. The van der Waals surface area contributed by atoms with Crippen molar-refractivity contribution in [2.75, 3.05) is 26.2 Å². The first kappa shape index (κ1) is 23.0. The number of carbonyl (C=O) groups excluding carboxylic acids is 1. The van der Waals surface area contributed by atoms with E-state index in [2.05, 4.69) is 4.72 Å². The van der Waals surface area contributed by atoms with Crippen LogP contribution in [-0.4, -0.2) is 51.4 Å². The summed E-state index contributed by atoms with van der Waals surface area (Å²) in [5, 5.41) is 0. The summed E-state index contributed by atoms with van der Waals surface area (Å²) in [7, 11) is -3.56. The molecule has 2 fully saturated rings. The number of carbonyl (C=O) groups is 1. The molecule has 0 atom stereocenters. The van der Waals surface area contributed by atoms with Gasteiger partial charge in [0.25, 0.3) is 5.91 Å². The van der Waals surface area contributed by atoms with E-state index in [1.165, 1.54) is 32.1 Å². The zero-order chi connectivity index (χ0) is 22.6. The quantitative estimate of drug-likeness (QED) is 0.700. The minimum absolute atomic E-state index is 0.0690. The Balaban J connectivity index is 1.29. The van der Waals surface area contributed by atoms with Crippen LogP contribution in [0.4, 0.5) is 0 Å². The molecule has 2 aromatic rings. The molecule has 32 heavy (non-hydrogen) atoms. The van der Waals surface area contributed by atoms with Crippen molar-refractivity contribution in [3.05, 3.63) is 65.2 Å². The van der Waals surface area contributed by atoms with Crippen LogP contribution >= 0.6 is 0 Å². The van der Waals surface area contributed by atoms with Crippen LogP contribution in [0.1, 0.15) is 53.6 Å². The van der Waals surface area contributed by atoms with Crippen molar-refractivity contribution in [2.45, 2.75) is 56.5 Å². The van der Waals surface area contributed by atoms with E-state index in [4.69, 9.17) is 0 Å². The Morgan fingerprint density at radius 3 is 2.22 bits per heavy atom. The fraction of sp³-hybridized carbons (Fsp3) is 0.480. The van der Waals surface area contributed by atoms with E-state index < -0.39 is 10.0 Å². The smallest absolute Gasteiger partial charge is 0.254 e. The van der Waals surface area contributed by atoms with Crippen LogP contribution in [0.5, 0.6) is 0 Å². The van der Waals surface area contributed by atoms with Crippen molar-refractivity contribution in [3.8, 4) is 0 Å². The summed E-state index contributed by atoms with van der Waals surface area (Å²) < 4.78 is 27.6. The summed E-state index contributed by atoms with van der Waals surface area (Å²) in [5.74, 6) is 0.0690. The Bertz CT molecular complexity index is 1010. The summed E-state index contributed by atoms with van der Waals surface area (Å²) in [5.41, 5.74) is 2.50. The van der Waals surface area contributed by atoms with Gasteiger partial charge in [0.05, 0.1) is 37.1 Å². The number of quaternary nitrogens is 1. The number of benzene rings is 2. The molecular formula is C25H34N3O3S+. The van der Waals surface area contributed by atoms with Crippen LogP contribution in [0.2, 0.25) is 0 Å². The average Bonchev–Trinajstić information content (AvgIpc) is 2.84.